The third-order valence-electron chi connectivity index (χ3n) is 1.90. The number of esters is 1. The summed E-state index contributed by atoms with van der Waals surface area (Å²) in [7, 11) is 1.33. The molecule has 0 aromatic heterocycles. The highest BCUT2D eigenvalue weighted by molar-refractivity contribution is 5.69. The van der Waals surface area contributed by atoms with Crippen LogP contribution >= 0.6 is 0 Å². The molecule has 0 aliphatic carbocycles. The van der Waals surface area contributed by atoms with Crippen molar-refractivity contribution < 1.29 is 14.6 Å². The van der Waals surface area contributed by atoms with Gasteiger partial charge in [-0.1, -0.05) is 20.3 Å². The highest BCUT2D eigenvalue weighted by Crippen LogP contribution is 2.10. The van der Waals surface area contributed by atoms with Crippen molar-refractivity contribution in [1.82, 2.24) is 0 Å². The van der Waals surface area contributed by atoms with E-state index in [-0.39, 0.29) is 18.3 Å². The molecule has 0 aromatic rings. The molecule has 0 saturated carbocycles. The minimum atomic E-state index is -0.563. The van der Waals surface area contributed by atoms with Gasteiger partial charge in [-0.25, -0.2) is 0 Å². The van der Waals surface area contributed by atoms with Gasteiger partial charge in [-0.2, -0.15) is 0 Å². The van der Waals surface area contributed by atoms with Gasteiger partial charge in [-0.15, -0.1) is 0 Å². The number of aliphatic hydroxyl groups is 1. The van der Waals surface area contributed by atoms with Crippen molar-refractivity contribution in [2.75, 3.05) is 7.11 Å². The van der Waals surface area contributed by atoms with Gasteiger partial charge >= 0.3 is 5.97 Å². The van der Waals surface area contributed by atoms with Gasteiger partial charge in [-0.05, 0) is 5.92 Å². The molecule has 3 heteroatoms. The number of carbonyl (C=O) groups is 1. The Hall–Kier alpha value is -0.570. The molecule has 0 amide bonds. The Labute approximate surface area is 67.4 Å². The zero-order chi connectivity index (χ0) is 8.85. The van der Waals surface area contributed by atoms with Gasteiger partial charge in [0, 0.05) is 0 Å². The van der Waals surface area contributed by atoms with Gasteiger partial charge in [0.25, 0.3) is 0 Å². The number of methoxy groups -OCH3 is 1. The zero-order valence-corrected chi connectivity index (χ0v) is 7.33. The molecule has 1 N–H and O–H groups in total. The minimum Gasteiger partial charge on any atom is -0.469 e. The largest absolute Gasteiger partial charge is 0.469 e. The van der Waals surface area contributed by atoms with E-state index in [9.17, 15) is 9.90 Å². The van der Waals surface area contributed by atoms with E-state index in [4.69, 9.17) is 0 Å². The summed E-state index contributed by atoms with van der Waals surface area (Å²) in [5.74, 6) is -0.188. The van der Waals surface area contributed by atoms with E-state index in [0.29, 0.717) is 0 Å². The van der Waals surface area contributed by atoms with Crippen LogP contribution < -0.4 is 0 Å². The lowest BCUT2D eigenvalue weighted by Crippen LogP contribution is -2.21. The molecule has 0 aliphatic rings. The molecular weight excluding hydrogens is 144 g/mol. The zero-order valence-electron chi connectivity index (χ0n) is 7.33. The molecule has 3 nitrogen and oxygen atoms in total. The van der Waals surface area contributed by atoms with Crippen LogP contribution in [-0.2, 0) is 9.53 Å². The fraction of sp³-hybridized carbons (Fsp3) is 0.875. The van der Waals surface area contributed by atoms with Gasteiger partial charge in [0.2, 0.25) is 0 Å². The smallest absolute Gasteiger partial charge is 0.308 e. The Morgan fingerprint density at radius 3 is 2.55 bits per heavy atom. The number of rotatable bonds is 4. The summed E-state index contributed by atoms with van der Waals surface area (Å²) in [4.78, 5) is 10.7. The van der Waals surface area contributed by atoms with Crippen molar-refractivity contribution in [3.05, 3.63) is 0 Å². The second kappa shape index (κ2) is 5.13. The number of aliphatic hydroxyl groups excluding tert-OH is 1. The molecule has 0 saturated heterocycles. The van der Waals surface area contributed by atoms with Crippen molar-refractivity contribution in [3.8, 4) is 0 Å². The minimum absolute atomic E-state index is 0.103. The van der Waals surface area contributed by atoms with Gasteiger partial charge in [-0.3, -0.25) is 4.79 Å². The SMILES string of the molecule is CCC(C)C(O)CC(=O)OC. The monoisotopic (exact) mass is 160 g/mol. The van der Waals surface area contributed by atoms with Crippen molar-refractivity contribution in [2.45, 2.75) is 32.8 Å². The highest BCUT2D eigenvalue weighted by atomic mass is 16.5. The predicted molar refractivity (Wildman–Crippen MR) is 42.1 cm³/mol. The number of hydrogen-bond donors (Lipinski definition) is 1. The third kappa shape index (κ3) is 3.98. The lowest BCUT2D eigenvalue weighted by molar-refractivity contribution is -0.143. The van der Waals surface area contributed by atoms with E-state index >= 15 is 0 Å². The van der Waals surface area contributed by atoms with E-state index in [0.717, 1.165) is 6.42 Å². The third-order valence-corrected chi connectivity index (χ3v) is 1.90. The first kappa shape index (κ1) is 10.4. The van der Waals surface area contributed by atoms with Crippen LogP contribution in [0.1, 0.15) is 26.7 Å². The first-order chi connectivity index (χ1) is 5.11. The van der Waals surface area contributed by atoms with Crippen LogP contribution in [0.25, 0.3) is 0 Å². The Kier molecular flexibility index (Phi) is 4.86. The first-order valence-corrected chi connectivity index (χ1v) is 3.86. The van der Waals surface area contributed by atoms with Crippen molar-refractivity contribution in [2.24, 2.45) is 5.92 Å². The first-order valence-electron chi connectivity index (χ1n) is 3.86. The molecule has 0 fully saturated rings. The van der Waals surface area contributed by atoms with Crippen LogP contribution in [0.3, 0.4) is 0 Å². The summed E-state index contributed by atoms with van der Waals surface area (Å²) in [6, 6.07) is 0. The molecule has 0 rings (SSSR count). The molecule has 0 bridgehead atoms. The second-order valence-corrected chi connectivity index (χ2v) is 2.73. The number of hydrogen-bond acceptors (Lipinski definition) is 3. The van der Waals surface area contributed by atoms with Crippen LogP contribution in [0.15, 0.2) is 0 Å². The molecule has 66 valence electrons. The topological polar surface area (TPSA) is 46.5 Å². The van der Waals surface area contributed by atoms with Crippen molar-refractivity contribution in [3.63, 3.8) is 0 Å². The summed E-state index contributed by atoms with van der Waals surface area (Å²) in [5.41, 5.74) is 0. The molecule has 2 unspecified atom stereocenters. The fourth-order valence-corrected chi connectivity index (χ4v) is 0.727. The normalized spacial score (nSPS) is 15.6. The van der Waals surface area contributed by atoms with Gasteiger partial charge < -0.3 is 9.84 Å². The van der Waals surface area contributed by atoms with Crippen molar-refractivity contribution in [1.29, 1.82) is 0 Å². The molecule has 0 radical (unpaired) electrons. The van der Waals surface area contributed by atoms with E-state index in [1.54, 1.807) is 0 Å². The van der Waals surface area contributed by atoms with Crippen LogP contribution in [0, 0.1) is 5.92 Å². The average molecular weight is 160 g/mol. The Balaban J connectivity index is 3.67. The molecule has 0 spiro atoms. The lowest BCUT2D eigenvalue weighted by Gasteiger charge is -2.14. The van der Waals surface area contributed by atoms with Gasteiger partial charge in [0.1, 0.15) is 0 Å². The summed E-state index contributed by atoms with van der Waals surface area (Å²) in [5, 5.41) is 9.32. The summed E-state index contributed by atoms with van der Waals surface area (Å²) in [6.45, 7) is 3.89. The highest BCUT2D eigenvalue weighted by Gasteiger charge is 2.16. The van der Waals surface area contributed by atoms with E-state index in [1.165, 1.54) is 7.11 Å². The second-order valence-electron chi connectivity index (χ2n) is 2.73. The molecule has 11 heavy (non-hydrogen) atoms. The molecule has 0 aromatic carbocycles. The Bertz CT molecular complexity index is 123. The Morgan fingerprint density at radius 1 is 1.64 bits per heavy atom. The van der Waals surface area contributed by atoms with Crippen LogP contribution in [0.2, 0.25) is 0 Å². The van der Waals surface area contributed by atoms with Crippen LogP contribution in [0.4, 0.5) is 0 Å². The van der Waals surface area contributed by atoms with Crippen molar-refractivity contribution >= 4 is 5.97 Å². The summed E-state index contributed by atoms with van der Waals surface area (Å²) < 4.78 is 4.42. The maximum atomic E-state index is 10.7. The molecular formula is C8H16O3. The van der Waals surface area contributed by atoms with Crippen LogP contribution in [0.5, 0.6) is 0 Å². The molecule has 0 heterocycles. The molecule has 0 aliphatic heterocycles. The van der Waals surface area contributed by atoms with E-state index in [1.807, 2.05) is 13.8 Å². The summed E-state index contributed by atoms with van der Waals surface area (Å²) >= 11 is 0. The maximum Gasteiger partial charge on any atom is 0.308 e. The maximum absolute atomic E-state index is 10.7. The Morgan fingerprint density at radius 2 is 2.18 bits per heavy atom. The van der Waals surface area contributed by atoms with E-state index < -0.39 is 6.10 Å². The average Bonchev–Trinajstić information content (AvgIpc) is 2.02. The molecule has 2 atom stereocenters. The standard InChI is InChI=1S/C8H16O3/c1-4-6(2)7(9)5-8(10)11-3/h6-7,9H,4-5H2,1-3H3. The number of carbonyl (C=O) groups excluding carboxylic acids is 1. The fourth-order valence-electron chi connectivity index (χ4n) is 0.727. The van der Waals surface area contributed by atoms with Gasteiger partial charge in [0.05, 0.1) is 19.6 Å². The van der Waals surface area contributed by atoms with E-state index in [2.05, 4.69) is 4.74 Å². The summed E-state index contributed by atoms with van der Waals surface area (Å²) in [6.07, 6.45) is 0.413. The number of ether oxygens (including phenoxy) is 1. The quantitative estimate of drug-likeness (QED) is 0.623. The predicted octanol–water partition coefficient (Wildman–Crippen LogP) is 0.956. The lowest BCUT2D eigenvalue weighted by atomic mass is 10.00. The van der Waals surface area contributed by atoms with Gasteiger partial charge in [0.15, 0.2) is 0 Å². The van der Waals surface area contributed by atoms with Crippen LogP contribution in [-0.4, -0.2) is 24.3 Å².